The maximum atomic E-state index is 12.0. The first-order valence-electron chi connectivity index (χ1n) is 7.81. The molecule has 0 aromatic heterocycles. The molecule has 0 saturated carbocycles. The van der Waals surface area contributed by atoms with Crippen molar-refractivity contribution in [2.45, 2.75) is 45.8 Å². The van der Waals surface area contributed by atoms with Crippen LogP contribution in [0.5, 0.6) is 11.5 Å². The van der Waals surface area contributed by atoms with E-state index in [1.807, 2.05) is 20.8 Å². The zero-order valence-corrected chi connectivity index (χ0v) is 15.1. The molecule has 1 aliphatic heterocycles. The zero-order chi connectivity index (χ0) is 17.3. The number of hydrogen-bond acceptors (Lipinski definition) is 5. The van der Waals surface area contributed by atoms with E-state index in [4.69, 9.17) is 13.7 Å². The van der Waals surface area contributed by atoms with Gasteiger partial charge in [-0.15, -0.1) is 0 Å². The molecule has 0 radical (unpaired) electrons. The van der Waals surface area contributed by atoms with Gasteiger partial charge in [0.2, 0.25) is 6.29 Å². The third kappa shape index (κ3) is 3.62. The number of rotatable bonds is 7. The summed E-state index contributed by atoms with van der Waals surface area (Å²) in [7, 11) is -2.31. The molecule has 6 nitrogen and oxygen atoms in total. The van der Waals surface area contributed by atoms with Crippen molar-refractivity contribution in [1.29, 1.82) is 0 Å². The van der Waals surface area contributed by atoms with Gasteiger partial charge in [-0.3, -0.25) is 0 Å². The summed E-state index contributed by atoms with van der Waals surface area (Å²) in [5.41, 5.74) is 0.495. The van der Waals surface area contributed by atoms with Crippen LogP contribution in [0.3, 0.4) is 0 Å². The van der Waals surface area contributed by atoms with Crippen molar-refractivity contribution < 1.29 is 22.1 Å². The molecule has 0 amide bonds. The Kier molecular flexibility index (Phi) is 5.23. The molecular formula is C16H25NO5S. The number of hydrogen-bond donors (Lipinski definition) is 0. The molecule has 1 aromatic carbocycles. The van der Waals surface area contributed by atoms with Gasteiger partial charge >= 0.3 is 10.3 Å². The van der Waals surface area contributed by atoms with Gasteiger partial charge in [-0.25, -0.2) is 0 Å². The number of fused-ring (bicyclic) bond motifs is 1. The minimum atomic E-state index is -3.78. The fourth-order valence-corrected chi connectivity index (χ4v) is 3.16. The van der Waals surface area contributed by atoms with E-state index < -0.39 is 10.3 Å². The summed E-state index contributed by atoms with van der Waals surface area (Å²) in [6.07, 6.45) is 0.519. The summed E-state index contributed by atoms with van der Waals surface area (Å²) in [6, 6.07) is 5.03. The topological polar surface area (TPSA) is 65.1 Å². The van der Waals surface area contributed by atoms with Gasteiger partial charge in [-0.05, 0) is 38.5 Å². The van der Waals surface area contributed by atoms with Gasteiger partial charge in [0.15, 0.2) is 0 Å². The highest BCUT2D eigenvalue weighted by atomic mass is 32.2. The minimum absolute atomic E-state index is 0.275. The van der Waals surface area contributed by atoms with Gasteiger partial charge < -0.3 is 13.7 Å². The summed E-state index contributed by atoms with van der Waals surface area (Å²) in [5.74, 6) is 0.974. The van der Waals surface area contributed by atoms with Crippen molar-refractivity contribution in [3.05, 3.63) is 23.8 Å². The Morgan fingerprint density at radius 1 is 1.30 bits per heavy atom. The van der Waals surface area contributed by atoms with Gasteiger partial charge in [0.1, 0.15) is 11.5 Å². The summed E-state index contributed by atoms with van der Waals surface area (Å²) in [6.45, 7) is 8.76. The predicted molar refractivity (Wildman–Crippen MR) is 88.0 cm³/mol. The highest BCUT2D eigenvalue weighted by Gasteiger charge is 2.43. The Morgan fingerprint density at radius 3 is 2.61 bits per heavy atom. The van der Waals surface area contributed by atoms with E-state index >= 15 is 0 Å². The molecule has 0 N–H and O–H groups in total. The molecule has 1 unspecified atom stereocenters. The van der Waals surface area contributed by atoms with Gasteiger partial charge in [-0.1, -0.05) is 13.8 Å². The predicted octanol–water partition coefficient (Wildman–Crippen LogP) is 2.68. The lowest BCUT2D eigenvalue weighted by molar-refractivity contribution is -0.102. The first-order chi connectivity index (χ1) is 10.7. The molecule has 1 aromatic rings. The smallest absolute Gasteiger partial charge is 0.384 e. The van der Waals surface area contributed by atoms with Crippen molar-refractivity contribution in [2.24, 2.45) is 0 Å². The molecule has 1 atom stereocenters. The van der Waals surface area contributed by atoms with Crippen molar-refractivity contribution in [3.8, 4) is 11.5 Å². The lowest BCUT2D eigenvalue weighted by Gasteiger charge is -2.25. The maximum Gasteiger partial charge on any atom is 0.384 e. The second-order valence-corrected chi connectivity index (χ2v) is 7.80. The van der Waals surface area contributed by atoms with Crippen LogP contribution in [-0.4, -0.2) is 39.2 Å². The first-order valence-corrected chi connectivity index (χ1v) is 9.17. The molecule has 0 aliphatic carbocycles. The Labute approximate surface area is 138 Å². The second kappa shape index (κ2) is 6.67. The molecule has 0 fully saturated rings. The maximum absolute atomic E-state index is 12.0. The lowest BCUT2D eigenvalue weighted by atomic mass is 9.85. The van der Waals surface area contributed by atoms with E-state index in [-0.39, 0.29) is 17.5 Å². The molecule has 0 spiro atoms. The van der Waals surface area contributed by atoms with Crippen molar-refractivity contribution in [1.82, 2.24) is 4.31 Å². The summed E-state index contributed by atoms with van der Waals surface area (Å²) < 4.78 is 42.0. The van der Waals surface area contributed by atoms with Crippen molar-refractivity contribution in [2.75, 3.05) is 20.2 Å². The Balaban J connectivity index is 2.25. The zero-order valence-electron chi connectivity index (χ0n) is 14.3. The Bertz CT molecular complexity index is 656. The van der Waals surface area contributed by atoms with E-state index in [0.717, 1.165) is 16.3 Å². The summed E-state index contributed by atoms with van der Waals surface area (Å²) in [4.78, 5) is 0. The molecule has 130 valence electrons. The van der Waals surface area contributed by atoms with Crippen molar-refractivity contribution >= 4 is 10.3 Å². The molecule has 7 heteroatoms. The summed E-state index contributed by atoms with van der Waals surface area (Å²) in [5, 5.41) is 0. The second-order valence-electron chi connectivity index (χ2n) is 6.16. The first kappa shape index (κ1) is 18.0. The van der Waals surface area contributed by atoms with Crippen LogP contribution in [0.15, 0.2) is 18.2 Å². The number of benzene rings is 1. The van der Waals surface area contributed by atoms with Crippen LogP contribution in [0.2, 0.25) is 0 Å². The van der Waals surface area contributed by atoms with Gasteiger partial charge in [-0.2, -0.15) is 12.7 Å². The van der Waals surface area contributed by atoms with Crippen LogP contribution < -0.4 is 8.92 Å². The molecule has 1 aliphatic rings. The van der Waals surface area contributed by atoms with E-state index in [1.54, 1.807) is 25.1 Å². The van der Waals surface area contributed by atoms with Gasteiger partial charge in [0, 0.05) is 19.2 Å². The highest BCUT2D eigenvalue weighted by molar-refractivity contribution is 7.84. The largest absolute Gasteiger partial charge is 0.464 e. The normalized spacial score (nSPS) is 19.5. The average molecular weight is 343 g/mol. The Hall–Kier alpha value is -1.31. The Morgan fingerprint density at radius 2 is 2.00 bits per heavy atom. The molecule has 1 heterocycles. The fraction of sp³-hybridized carbons (Fsp3) is 0.625. The van der Waals surface area contributed by atoms with Crippen LogP contribution >= 0.6 is 0 Å². The number of ether oxygens (including phenoxy) is 2. The molecule has 2 rings (SSSR count). The molecule has 23 heavy (non-hydrogen) atoms. The quantitative estimate of drug-likeness (QED) is 0.761. The third-order valence-corrected chi connectivity index (χ3v) is 5.40. The van der Waals surface area contributed by atoms with Crippen LogP contribution in [0, 0.1) is 0 Å². The summed E-state index contributed by atoms with van der Waals surface area (Å²) >= 11 is 0. The monoisotopic (exact) mass is 343 g/mol. The van der Waals surface area contributed by atoms with E-state index in [9.17, 15) is 8.42 Å². The highest BCUT2D eigenvalue weighted by Crippen LogP contribution is 2.44. The molecule has 0 saturated heterocycles. The average Bonchev–Trinajstić information content (AvgIpc) is 2.74. The third-order valence-electron chi connectivity index (χ3n) is 3.97. The van der Waals surface area contributed by atoms with Gasteiger partial charge in [0.05, 0.1) is 12.0 Å². The van der Waals surface area contributed by atoms with Crippen LogP contribution in [0.25, 0.3) is 0 Å². The van der Waals surface area contributed by atoms with Crippen molar-refractivity contribution in [3.63, 3.8) is 0 Å². The van der Waals surface area contributed by atoms with E-state index in [1.165, 1.54) is 7.05 Å². The standard InChI is InChI=1S/C16H25NO5S/c1-6-10-20-15-16(3,4)13-11-12(8-9-14(13)21-15)22-23(18,19)17(5)7-2/h8-9,11,15H,6-7,10H2,1-5H3. The number of nitrogens with zero attached hydrogens (tertiary/aromatic N) is 1. The minimum Gasteiger partial charge on any atom is -0.464 e. The van der Waals surface area contributed by atoms with Crippen LogP contribution in [-0.2, 0) is 20.5 Å². The van der Waals surface area contributed by atoms with E-state index in [0.29, 0.717) is 18.9 Å². The van der Waals surface area contributed by atoms with Crippen LogP contribution in [0.4, 0.5) is 0 Å². The van der Waals surface area contributed by atoms with E-state index in [2.05, 4.69) is 0 Å². The lowest BCUT2D eigenvalue weighted by Crippen LogP contribution is -2.35. The SMILES string of the molecule is CCCOC1Oc2ccc(OS(=O)(=O)N(C)CC)cc2C1(C)C. The fourth-order valence-electron chi connectivity index (χ4n) is 2.37. The molecular weight excluding hydrogens is 318 g/mol. The van der Waals surface area contributed by atoms with Gasteiger partial charge in [0.25, 0.3) is 0 Å². The van der Waals surface area contributed by atoms with Crippen LogP contribution in [0.1, 0.15) is 39.7 Å². The molecule has 0 bridgehead atoms.